The van der Waals surface area contributed by atoms with Gasteiger partial charge in [0.05, 0.1) is 12.7 Å². The van der Waals surface area contributed by atoms with Gasteiger partial charge in [-0.05, 0) is 38.0 Å². The lowest BCUT2D eigenvalue weighted by Gasteiger charge is -2.38. The van der Waals surface area contributed by atoms with Crippen molar-refractivity contribution in [2.24, 2.45) is 5.73 Å². The normalized spacial score (nSPS) is 24.1. The summed E-state index contributed by atoms with van der Waals surface area (Å²) in [5, 5.41) is 0. The molecule has 1 heterocycles. The van der Waals surface area contributed by atoms with Gasteiger partial charge in [0.1, 0.15) is 5.82 Å². The zero-order valence-corrected chi connectivity index (χ0v) is 11.7. The Bertz CT molecular complexity index is 411. The maximum atomic E-state index is 13.2. The molecular weight excluding hydrogens is 243 g/mol. The average molecular weight is 266 g/mol. The molecule has 1 fully saturated rings. The van der Waals surface area contributed by atoms with E-state index < -0.39 is 0 Å². The average Bonchev–Trinajstić information content (AvgIpc) is 2.39. The molecule has 4 heteroatoms. The highest BCUT2D eigenvalue weighted by Crippen LogP contribution is 2.15. The summed E-state index contributed by atoms with van der Waals surface area (Å²) >= 11 is 0. The first kappa shape index (κ1) is 14.4. The number of hydrogen-bond acceptors (Lipinski definition) is 3. The number of benzene rings is 1. The number of ether oxygens (including phenoxy) is 1. The summed E-state index contributed by atoms with van der Waals surface area (Å²) in [6.45, 7) is 6.65. The van der Waals surface area contributed by atoms with Crippen LogP contribution in [-0.2, 0) is 11.2 Å². The molecule has 3 nitrogen and oxygen atoms in total. The number of nitrogens with two attached hydrogens (primary N) is 1. The summed E-state index contributed by atoms with van der Waals surface area (Å²) in [7, 11) is 0. The Kier molecular flexibility index (Phi) is 4.91. The van der Waals surface area contributed by atoms with E-state index in [0.29, 0.717) is 6.04 Å². The molecule has 19 heavy (non-hydrogen) atoms. The van der Waals surface area contributed by atoms with Gasteiger partial charge in [-0.15, -0.1) is 0 Å². The largest absolute Gasteiger partial charge is 0.374 e. The van der Waals surface area contributed by atoms with Gasteiger partial charge in [0.2, 0.25) is 0 Å². The third kappa shape index (κ3) is 4.00. The van der Waals surface area contributed by atoms with Gasteiger partial charge in [0.15, 0.2) is 0 Å². The quantitative estimate of drug-likeness (QED) is 0.903. The van der Waals surface area contributed by atoms with Crippen molar-refractivity contribution in [3.8, 4) is 0 Å². The molecule has 0 spiro atoms. The smallest absolute Gasteiger partial charge is 0.123 e. The summed E-state index contributed by atoms with van der Waals surface area (Å²) in [5.41, 5.74) is 6.94. The third-order valence-corrected chi connectivity index (χ3v) is 3.75. The molecule has 106 valence electrons. The summed E-state index contributed by atoms with van der Waals surface area (Å²) in [4.78, 5) is 2.38. The van der Waals surface area contributed by atoms with E-state index in [1.54, 1.807) is 12.1 Å². The van der Waals surface area contributed by atoms with Crippen LogP contribution in [0.3, 0.4) is 0 Å². The highest BCUT2D eigenvalue weighted by atomic mass is 19.1. The lowest BCUT2D eigenvalue weighted by Crippen LogP contribution is -2.52. The number of halogens is 1. The van der Waals surface area contributed by atoms with Crippen molar-refractivity contribution in [2.75, 3.05) is 19.7 Å². The maximum Gasteiger partial charge on any atom is 0.123 e. The molecular formula is C15H23FN2O. The Morgan fingerprint density at radius 2 is 2.26 bits per heavy atom. The standard InChI is InChI=1S/C15H23FN2O/c1-11(8-13-4-3-5-14(16)9-13)18-6-7-19-15(10-18)12(2)17/h3-5,9,11-12,15H,6-8,10,17H2,1-2H3. The summed E-state index contributed by atoms with van der Waals surface area (Å²) in [6, 6.07) is 7.25. The first-order chi connectivity index (χ1) is 9.06. The van der Waals surface area contributed by atoms with Crippen molar-refractivity contribution in [1.29, 1.82) is 0 Å². The first-order valence-electron chi connectivity index (χ1n) is 6.92. The molecule has 0 saturated carbocycles. The number of nitrogens with zero attached hydrogens (tertiary/aromatic N) is 1. The monoisotopic (exact) mass is 266 g/mol. The van der Waals surface area contributed by atoms with E-state index in [9.17, 15) is 4.39 Å². The fourth-order valence-corrected chi connectivity index (χ4v) is 2.55. The maximum absolute atomic E-state index is 13.2. The van der Waals surface area contributed by atoms with E-state index in [1.165, 1.54) is 6.07 Å². The second kappa shape index (κ2) is 6.46. The van der Waals surface area contributed by atoms with E-state index in [4.69, 9.17) is 10.5 Å². The van der Waals surface area contributed by atoms with E-state index in [-0.39, 0.29) is 18.0 Å². The highest BCUT2D eigenvalue weighted by Gasteiger charge is 2.26. The van der Waals surface area contributed by atoms with Gasteiger partial charge in [0.25, 0.3) is 0 Å². The lowest BCUT2D eigenvalue weighted by atomic mass is 10.0. The molecule has 3 atom stereocenters. The Labute approximate surface area is 114 Å². The minimum Gasteiger partial charge on any atom is -0.374 e. The zero-order valence-electron chi connectivity index (χ0n) is 11.7. The van der Waals surface area contributed by atoms with E-state index in [2.05, 4.69) is 11.8 Å². The SMILES string of the molecule is CC(N)C1CN(C(C)Cc2cccc(F)c2)CCO1. The predicted molar refractivity (Wildman–Crippen MR) is 74.5 cm³/mol. The topological polar surface area (TPSA) is 38.5 Å². The molecule has 1 aliphatic rings. The van der Waals surface area contributed by atoms with Crippen molar-refractivity contribution >= 4 is 0 Å². The molecule has 0 amide bonds. The molecule has 1 aliphatic heterocycles. The summed E-state index contributed by atoms with van der Waals surface area (Å²) in [5.74, 6) is -0.167. The van der Waals surface area contributed by atoms with Crippen LogP contribution in [0.4, 0.5) is 4.39 Å². The first-order valence-corrected chi connectivity index (χ1v) is 6.92. The third-order valence-electron chi connectivity index (χ3n) is 3.75. The highest BCUT2D eigenvalue weighted by molar-refractivity contribution is 5.17. The van der Waals surface area contributed by atoms with Gasteiger partial charge in [0, 0.05) is 25.2 Å². The Balaban J connectivity index is 1.94. The van der Waals surface area contributed by atoms with Gasteiger partial charge in [-0.2, -0.15) is 0 Å². The molecule has 2 rings (SSSR count). The van der Waals surface area contributed by atoms with Crippen LogP contribution in [-0.4, -0.2) is 42.8 Å². The minimum absolute atomic E-state index is 0.0455. The van der Waals surface area contributed by atoms with Gasteiger partial charge < -0.3 is 10.5 Å². The second-order valence-corrected chi connectivity index (χ2v) is 5.45. The van der Waals surface area contributed by atoms with Crippen molar-refractivity contribution in [3.63, 3.8) is 0 Å². The molecule has 1 aromatic rings. The Morgan fingerprint density at radius 1 is 1.47 bits per heavy atom. The number of rotatable bonds is 4. The van der Waals surface area contributed by atoms with Crippen LogP contribution in [0.2, 0.25) is 0 Å². The molecule has 3 unspecified atom stereocenters. The Hall–Kier alpha value is -0.970. The zero-order chi connectivity index (χ0) is 13.8. The molecule has 1 aromatic carbocycles. The van der Waals surface area contributed by atoms with Crippen LogP contribution in [0.25, 0.3) is 0 Å². The lowest BCUT2D eigenvalue weighted by molar-refractivity contribution is -0.0492. The van der Waals surface area contributed by atoms with E-state index in [0.717, 1.165) is 31.7 Å². The fourth-order valence-electron chi connectivity index (χ4n) is 2.55. The van der Waals surface area contributed by atoms with E-state index >= 15 is 0 Å². The molecule has 1 saturated heterocycles. The minimum atomic E-state index is -0.167. The fraction of sp³-hybridized carbons (Fsp3) is 0.600. The number of hydrogen-bond donors (Lipinski definition) is 1. The van der Waals surface area contributed by atoms with Crippen LogP contribution < -0.4 is 5.73 Å². The van der Waals surface area contributed by atoms with Crippen LogP contribution in [0.15, 0.2) is 24.3 Å². The second-order valence-electron chi connectivity index (χ2n) is 5.45. The van der Waals surface area contributed by atoms with Gasteiger partial charge in [-0.25, -0.2) is 4.39 Å². The van der Waals surface area contributed by atoms with Gasteiger partial charge >= 0.3 is 0 Å². The van der Waals surface area contributed by atoms with Crippen LogP contribution in [0.1, 0.15) is 19.4 Å². The van der Waals surface area contributed by atoms with Crippen molar-refractivity contribution in [3.05, 3.63) is 35.6 Å². The summed E-state index contributed by atoms with van der Waals surface area (Å²) < 4.78 is 18.8. The Morgan fingerprint density at radius 3 is 2.95 bits per heavy atom. The van der Waals surface area contributed by atoms with Crippen LogP contribution >= 0.6 is 0 Å². The molecule has 0 radical (unpaired) electrons. The molecule has 0 aromatic heterocycles. The molecule has 0 bridgehead atoms. The van der Waals surface area contributed by atoms with Crippen LogP contribution in [0, 0.1) is 5.82 Å². The van der Waals surface area contributed by atoms with Gasteiger partial charge in [-0.3, -0.25) is 4.90 Å². The number of morpholine rings is 1. The van der Waals surface area contributed by atoms with E-state index in [1.807, 2.05) is 13.0 Å². The van der Waals surface area contributed by atoms with Crippen molar-refractivity contribution in [2.45, 2.75) is 38.5 Å². The van der Waals surface area contributed by atoms with Crippen LogP contribution in [0.5, 0.6) is 0 Å². The van der Waals surface area contributed by atoms with Crippen molar-refractivity contribution < 1.29 is 9.13 Å². The van der Waals surface area contributed by atoms with Gasteiger partial charge in [-0.1, -0.05) is 12.1 Å². The molecule has 0 aliphatic carbocycles. The van der Waals surface area contributed by atoms with Crippen molar-refractivity contribution in [1.82, 2.24) is 4.90 Å². The predicted octanol–water partition coefficient (Wildman–Crippen LogP) is 1.80. The molecule has 2 N–H and O–H groups in total. The summed E-state index contributed by atoms with van der Waals surface area (Å²) in [6.07, 6.45) is 0.951.